The Kier molecular flexibility index (Phi) is 1.88. The average molecular weight is 268 g/mol. The second-order valence-corrected chi connectivity index (χ2v) is 5.27. The molecule has 2 heterocycles. The smallest absolute Gasteiger partial charge is 0.275 e. The van der Waals surface area contributed by atoms with Crippen LogP contribution in [0.25, 0.3) is 0 Å². The summed E-state index contributed by atoms with van der Waals surface area (Å²) in [4.78, 5) is 11.4. The van der Waals surface area contributed by atoms with Gasteiger partial charge in [0, 0.05) is 6.54 Å². The number of rotatable bonds is 2. The Morgan fingerprint density at radius 2 is 2.05 bits per heavy atom. The Hall–Kier alpha value is -1.76. The van der Waals surface area contributed by atoms with Crippen molar-refractivity contribution < 1.29 is 18.4 Å². The van der Waals surface area contributed by atoms with E-state index in [1.165, 1.54) is 0 Å². The van der Waals surface area contributed by atoms with E-state index in [0.717, 1.165) is 25.0 Å². The molecule has 3 aliphatic rings. The maximum Gasteiger partial charge on any atom is 0.275 e. The third-order valence-electron chi connectivity index (χ3n) is 4.58. The molecule has 0 bridgehead atoms. The van der Waals surface area contributed by atoms with Crippen molar-refractivity contribution in [3.05, 3.63) is 33.9 Å². The third-order valence-corrected chi connectivity index (χ3v) is 4.58. The van der Waals surface area contributed by atoms with E-state index in [2.05, 4.69) is 0 Å². The lowest BCUT2D eigenvalue weighted by molar-refractivity contribution is -0.385. The SMILES string of the molecule is O=[N+]([O-])c1cc(F)c(N2CC3OC4CCC432)c(F)c1. The molecule has 4 rings (SSSR count). The Morgan fingerprint density at radius 1 is 1.37 bits per heavy atom. The quantitative estimate of drug-likeness (QED) is 0.608. The van der Waals surface area contributed by atoms with Crippen LogP contribution in [0.4, 0.5) is 20.2 Å². The molecular weight excluding hydrogens is 258 g/mol. The second-order valence-electron chi connectivity index (χ2n) is 5.27. The predicted molar refractivity (Wildman–Crippen MR) is 61.0 cm³/mol. The van der Waals surface area contributed by atoms with Gasteiger partial charge in [-0.3, -0.25) is 10.1 Å². The van der Waals surface area contributed by atoms with Gasteiger partial charge >= 0.3 is 0 Å². The molecule has 0 amide bonds. The second kappa shape index (κ2) is 3.22. The first-order valence-electron chi connectivity index (χ1n) is 6.10. The number of nitro groups is 1. The molecule has 3 unspecified atom stereocenters. The van der Waals surface area contributed by atoms with E-state index in [4.69, 9.17) is 4.74 Å². The van der Waals surface area contributed by atoms with E-state index in [1.54, 1.807) is 4.90 Å². The fraction of sp³-hybridized carbons (Fsp3) is 0.500. The van der Waals surface area contributed by atoms with Gasteiger partial charge in [-0.15, -0.1) is 0 Å². The summed E-state index contributed by atoms with van der Waals surface area (Å²) in [6.45, 7) is 0.447. The molecule has 1 aromatic rings. The van der Waals surface area contributed by atoms with Crippen molar-refractivity contribution in [2.24, 2.45) is 0 Å². The molecular formula is C12H10F2N2O3. The molecule has 1 aromatic carbocycles. The van der Waals surface area contributed by atoms with Crippen molar-refractivity contribution >= 4 is 11.4 Å². The van der Waals surface area contributed by atoms with Crippen LogP contribution in [0.5, 0.6) is 0 Å². The zero-order chi connectivity index (χ0) is 13.4. The molecule has 5 nitrogen and oxygen atoms in total. The van der Waals surface area contributed by atoms with Crippen LogP contribution in [0.1, 0.15) is 12.8 Å². The normalized spacial score (nSPS) is 34.5. The van der Waals surface area contributed by atoms with Gasteiger partial charge in [-0.2, -0.15) is 0 Å². The van der Waals surface area contributed by atoms with Crippen LogP contribution < -0.4 is 4.90 Å². The number of nitro benzene ring substituents is 1. The van der Waals surface area contributed by atoms with E-state index in [1.807, 2.05) is 0 Å². The number of anilines is 1. The number of morpholine rings is 1. The van der Waals surface area contributed by atoms with Crippen LogP contribution in [0.15, 0.2) is 12.1 Å². The lowest BCUT2D eigenvalue weighted by Gasteiger charge is -2.75. The Bertz CT molecular complexity index is 580. The maximum atomic E-state index is 14.0. The van der Waals surface area contributed by atoms with Crippen molar-refractivity contribution in [3.63, 3.8) is 0 Å². The highest BCUT2D eigenvalue weighted by Gasteiger charge is 2.73. The van der Waals surface area contributed by atoms with Crippen molar-refractivity contribution in [3.8, 4) is 0 Å². The van der Waals surface area contributed by atoms with Crippen LogP contribution in [-0.4, -0.2) is 29.2 Å². The number of hydrogen-bond donors (Lipinski definition) is 0. The first kappa shape index (κ1) is 11.1. The minimum Gasteiger partial charge on any atom is -0.368 e. The summed E-state index contributed by atoms with van der Waals surface area (Å²) in [7, 11) is 0. The van der Waals surface area contributed by atoms with Gasteiger partial charge in [0.25, 0.3) is 5.69 Å². The van der Waals surface area contributed by atoms with Crippen molar-refractivity contribution in [2.45, 2.75) is 30.6 Å². The van der Waals surface area contributed by atoms with E-state index < -0.39 is 22.2 Å². The van der Waals surface area contributed by atoms with E-state index >= 15 is 0 Å². The minimum absolute atomic E-state index is 0.0558. The lowest BCUT2D eigenvalue weighted by atomic mass is 9.58. The highest BCUT2D eigenvalue weighted by Crippen LogP contribution is 2.60. The maximum absolute atomic E-state index is 14.0. The lowest BCUT2D eigenvalue weighted by Crippen LogP contribution is -2.89. The number of nitrogens with zero attached hydrogens (tertiary/aromatic N) is 2. The number of non-ortho nitro benzene ring substituents is 1. The number of benzene rings is 1. The molecule has 3 fully saturated rings. The summed E-state index contributed by atoms with van der Waals surface area (Å²) in [5.41, 5.74) is -0.976. The number of halogens is 2. The van der Waals surface area contributed by atoms with Crippen molar-refractivity contribution in [2.75, 3.05) is 11.4 Å². The first-order valence-corrected chi connectivity index (χ1v) is 6.10. The Labute approximate surface area is 106 Å². The van der Waals surface area contributed by atoms with Crippen LogP contribution in [0.2, 0.25) is 0 Å². The summed E-state index contributed by atoms with van der Waals surface area (Å²) < 4.78 is 33.4. The zero-order valence-corrected chi connectivity index (χ0v) is 9.81. The topological polar surface area (TPSA) is 55.6 Å². The number of hydrogen-bond acceptors (Lipinski definition) is 4. The van der Waals surface area contributed by atoms with Gasteiger partial charge in [0.05, 0.1) is 28.7 Å². The Balaban J connectivity index is 1.74. The molecule has 100 valence electrons. The molecule has 3 atom stereocenters. The molecule has 19 heavy (non-hydrogen) atoms. The first-order chi connectivity index (χ1) is 9.04. The highest BCUT2D eigenvalue weighted by atomic mass is 19.1. The van der Waals surface area contributed by atoms with E-state index in [-0.39, 0.29) is 23.4 Å². The summed E-state index contributed by atoms with van der Waals surface area (Å²) >= 11 is 0. The molecule has 0 radical (unpaired) electrons. The summed E-state index contributed by atoms with van der Waals surface area (Å²) in [5.74, 6) is -1.76. The standard InChI is InChI=1S/C12H10F2N2O3/c13-7-3-6(16(17)18)4-8(14)11(7)15-5-10-12(15)2-1-9(12)19-10/h3-4,9-10H,1-2,5H2. The van der Waals surface area contributed by atoms with Gasteiger partial charge in [-0.05, 0) is 12.8 Å². The van der Waals surface area contributed by atoms with Gasteiger partial charge in [0.1, 0.15) is 11.8 Å². The molecule has 1 saturated carbocycles. The fourth-order valence-corrected chi connectivity index (χ4v) is 3.48. The van der Waals surface area contributed by atoms with Crippen LogP contribution in [-0.2, 0) is 4.74 Å². The summed E-state index contributed by atoms with van der Waals surface area (Å²) in [6, 6.07) is 1.55. The number of ether oxygens (including phenoxy) is 1. The largest absolute Gasteiger partial charge is 0.368 e. The van der Waals surface area contributed by atoms with E-state index in [0.29, 0.717) is 6.54 Å². The fourth-order valence-electron chi connectivity index (χ4n) is 3.48. The average Bonchev–Trinajstić information content (AvgIpc) is 2.28. The summed E-state index contributed by atoms with van der Waals surface area (Å²) in [5, 5.41) is 10.6. The molecule has 1 spiro atoms. The van der Waals surface area contributed by atoms with Gasteiger partial charge in [-0.1, -0.05) is 0 Å². The highest BCUT2D eigenvalue weighted by molar-refractivity contribution is 5.61. The molecule has 1 aliphatic carbocycles. The molecule has 7 heteroatoms. The van der Waals surface area contributed by atoms with E-state index in [9.17, 15) is 18.9 Å². The summed E-state index contributed by atoms with van der Waals surface area (Å²) in [6.07, 6.45) is 1.88. The minimum atomic E-state index is -0.878. The predicted octanol–water partition coefficient (Wildman–Crippen LogP) is 1.99. The monoisotopic (exact) mass is 268 g/mol. The van der Waals surface area contributed by atoms with Crippen molar-refractivity contribution in [1.82, 2.24) is 0 Å². The molecule has 0 N–H and O–H groups in total. The van der Waals surface area contributed by atoms with Gasteiger partial charge in [0.15, 0.2) is 11.6 Å². The van der Waals surface area contributed by atoms with Gasteiger partial charge in [-0.25, -0.2) is 8.78 Å². The molecule has 0 aromatic heterocycles. The van der Waals surface area contributed by atoms with Crippen LogP contribution >= 0.6 is 0 Å². The van der Waals surface area contributed by atoms with Gasteiger partial charge < -0.3 is 9.64 Å². The van der Waals surface area contributed by atoms with Gasteiger partial charge in [0.2, 0.25) is 0 Å². The van der Waals surface area contributed by atoms with Crippen LogP contribution in [0.3, 0.4) is 0 Å². The van der Waals surface area contributed by atoms with Crippen molar-refractivity contribution in [1.29, 1.82) is 0 Å². The molecule has 2 aliphatic heterocycles. The Morgan fingerprint density at radius 3 is 2.47 bits per heavy atom. The van der Waals surface area contributed by atoms with Crippen LogP contribution in [0, 0.1) is 21.7 Å². The zero-order valence-electron chi connectivity index (χ0n) is 9.81. The third kappa shape index (κ3) is 1.12. The molecule has 2 saturated heterocycles.